The van der Waals surface area contributed by atoms with Crippen molar-refractivity contribution in [2.24, 2.45) is 0 Å². The maximum Gasteiger partial charge on any atom is 0.430 e. The predicted octanol–water partition coefficient (Wildman–Crippen LogP) is 7.62. The molecule has 218 valence electrons. The highest BCUT2D eigenvalue weighted by Gasteiger charge is 2.73. The maximum absolute atomic E-state index is 14.3. The highest BCUT2D eigenvalue weighted by atomic mass is 32.2. The van der Waals surface area contributed by atoms with Gasteiger partial charge in [0.25, 0.3) is 5.60 Å². The van der Waals surface area contributed by atoms with Gasteiger partial charge in [-0.05, 0) is 66.4 Å². The lowest BCUT2D eigenvalue weighted by Crippen LogP contribution is -2.55. The lowest BCUT2D eigenvalue weighted by atomic mass is 9.88. The second-order valence-corrected chi connectivity index (χ2v) is 11.9. The van der Waals surface area contributed by atoms with E-state index in [2.05, 4.69) is 4.74 Å². The van der Waals surface area contributed by atoms with E-state index in [-0.39, 0.29) is 28.9 Å². The van der Waals surface area contributed by atoms with E-state index in [0.29, 0.717) is 31.0 Å². The van der Waals surface area contributed by atoms with Crippen LogP contribution in [0.4, 0.5) is 35.1 Å². The first-order valence-electron chi connectivity index (χ1n) is 12.2. The van der Waals surface area contributed by atoms with E-state index >= 15 is 0 Å². The van der Waals surface area contributed by atoms with Gasteiger partial charge >= 0.3 is 12.4 Å². The number of benzene rings is 3. The summed E-state index contributed by atoms with van der Waals surface area (Å²) in [5.74, 6) is -1.69. The number of nitrogens with zero attached hydrogens (tertiary/aromatic N) is 1. The van der Waals surface area contributed by atoms with Crippen LogP contribution in [0.15, 0.2) is 71.6 Å². The Kier molecular flexibility index (Phi) is 7.97. The molecule has 0 aliphatic heterocycles. The summed E-state index contributed by atoms with van der Waals surface area (Å²) in [7, 11) is -4.24. The normalized spacial score (nSPS) is 16.0. The van der Waals surface area contributed by atoms with Crippen molar-refractivity contribution in [2.45, 2.75) is 59.9 Å². The number of rotatable bonds is 7. The zero-order chi connectivity index (χ0) is 30.3. The lowest BCUT2D eigenvalue weighted by Gasteiger charge is -2.38. The van der Waals surface area contributed by atoms with Crippen LogP contribution in [0, 0.1) is 23.0 Å². The quantitative estimate of drug-likeness (QED) is 0.206. The Labute approximate surface area is 230 Å². The van der Waals surface area contributed by atoms with Crippen LogP contribution in [0.2, 0.25) is 0 Å². The van der Waals surface area contributed by atoms with E-state index in [1.54, 1.807) is 6.07 Å². The third kappa shape index (κ3) is 5.19. The van der Waals surface area contributed by atoms with Gasteiger partial charge in [-0.1, -0.05) is 37.1 Å². The summed E-state index contributed by atoms with van der Waals surface area (Å²) < 4.78 is 143. The van der Waals surface area contributed by atoms with E-state index in [1.807, 2.05) is 0 Å². The largest absolute Gasteiger partial charge is 0.430 e. The van der Waals surface area contributed by atoms with Gasteiger partial charge in [-0.3, -0.25) is 0 Å². The maximum atomic E-state index is 14.3. The second kappa shape index (κ2) is 10.7. The fourth-order valence-electron chi connectivity index (χ4n) is 5.22. The molecule has 0 atom stereocenters. The van der Waals surface area contributed by atoms with E-state index in [1.165, 1.54) is 0 Å². The lowest BCUT2D eigenvalue weighted by molar-refractivity contribution is -0.392. The van der Waals surface area contributed by atoms with E-state index < -0.39 is 61.9 Å². The Morgan fingerprint density at radius 3 is 1.85 bits per heavy atom. The van der Waals surface area contributed by atoms with Crippen molar-refractivity contribution in [1.29, 1.82) is 5.26 Å². The first-order chi connectivity index (χ1) is 19.1. The molecule has 4 rings (SSSR count). The molecule has 0 radical (unpaired) electrons. The van der Waals surface area contributed by atoms with Gasteiger partial charge < -0.3 is 4.74 Å². The summed E-state index contributed by atoms with van der Waals surface area (Å²) in [6, 6.07) is 10.6. The number of sulfone groups is 1. The summed E-state index contributed by atoms with van der Waals surface area (Å²) >= 11 is 0. The number of ether oxygens (including phenoxy) is 1. The van der Waals surface area contributed by atoms with Gasteiger partial charge in [-0.2, -0.15) is 31.6 Å². The highest BCUT2D eigenvalue weighted by molar-refractivity contribution is 7.92. The molecule has 1 saturated carbocycles. The molecule has 13 heteroatoms. The van der Waals surface area contributed by atoms with Crippen molar-refractivity contribution in [1.82, 2.24) is 0 Å². The number of alkyl halides is 6. The average Bonchev–Trinajstić information content (AvgIpc) is 3.40. The summed E-state index contributed by atoms with van der Waals surface area (Å²) in [5.41, 5.74) is -7.22. The summed E-state index contributed by atoms with van der Waals surface area (Å²) in [6.07, 6.45) is -11.2. The molecule has 0 aromatic heterocycles. The number of nitriles is 1. The van der Waals surface area contributed by atoms with Crippen LogP contribution in [0.5, 0.6) is 0 Å². The molecule has 1 fully saturated rings. The van der Waals surface area contributed by atoms with E-state index in [9.17, 15) is 43.5 Å². The molecule has 0 bridgehead atoms. The van der Waals surface area contributed by atoms with Crippen LogP contribution >= 0.6 is 0 Å². The van der Waals surface area contributed by atoms with Gasteiger partial charge in [0, 0.05) is 5.56 Å². The van der Waals surface area contributed by atoms with Crippen LogP contribution < -0.4 is 0 Å². The van der Waals surface area contributed by atoms with Crippen LogP contribution in [-0.4, -0.2) is 20.8 Å². The Balaban J connectivity index is 1.81. The molecule has 0 heterocycles. The van der Waals surface area contributed by atoms with Crippen molar-refractivity contribution in [3.63, 3.8) is 0 Å². The van der Waals surface area contributed by atoms with Crippen molar-refractivity contribution in [3.8, 4) is 6.07 Å². The Bertz CT molecular complexity index is 1540. The van der Waals surface area contributed by atoms with E-state index in [4.69, 9.17) is 5.26 Å². The smallest absolute Gasteiger partial charge is 0.349 e. The number of hydrogen-bond acceptors (Lipinski definition) is 4. The van der Waals surface area contributed by atoms with Gasteiger partial charge in [0.2, 0.25) is 0 Å². The highest BCUT2D eigenvalue weighted by Crippen LogP contribution is 2.54. The minimum atomic E-state index is -6.07. The molecule has 0 amide bonds. The molecule has 0 unspecified atom stereocenters. The monoisotopic (exact) mass is 603 g/mol. The molecule has 41 heavy (non-hydrogen) atoms. The number of hydrogen-bond donors (Lipinski definition) is 0. The topological polar surface area (TPSA) is 67.2 Å². The van der Waals surface area contributed by atoms with Gasteiger partial charge in [0.05, 0.1) is 23.1 Å². The first kappa shape index (κ1) is 30.5. The Hall–Kier alpha value is -3.50. The van der Waals surface area contributed by atoms with Crippen LogP contribution in [0.3, 0.4) is 0 Å². The van der Waals surface area contributed by atoms with Crippen LogP contribution in [0.1, 0.15) is 47.9 Å². The Morgan fingerprint density at radius 2 is 1.34 bits per heavy atom. The molecule has 3 aromatic carbocycles. The van der Waals surface area contributed by atoms with Crippen molar-refractivity contribution < 1.29 is 48.3 Å². The van der Waals surface area contributed by atoms with E-state index in [0.717, 1.165) is 48.5 Å². The summed E-state index contributed by atoms with van der Waals surface area (Å²) in [6.45, 7) is -1.41. The van der Waals surface area contributed by atoms with Crippen molar-refractivity contribution in [3.05, 3.63) is 101 Å². The minimum Gasteiger partial charge on any atom is -0.349 e. The second-order valence-electron chi connectivity index (χ2n) is 9.61. The zero-order valence-electron chi connectivity index (χ0n) is 21.0. The van der Waals surface area contributed by atoms with Gasteiger partial charge in [0.1, 0.15) is 16.4 Å². The van der Waals surface area contributed by atoms with Crippen LogP contribution in [0.25, 0.3) is 0 Å². The van der Waals surface area contributed by atoms with Gasteiger partial charge in [0.15, 0.2) is 9.84 Å². The standard InChI is InChI=1S/C28H21F8NO3S/c29-22-9-11-24(12-10-22)41(38,39)25(13-1-2-14-25)20-4-6-21(7-5-20)26(27(31,32)33,28(34,35)36)40-17-19-15-23(30)8-3-18(19)16-37/h3-12,15H,1-2,13-14,17H2. The predicted molar refractivity (Wildman–Crippen MR) is 130 cm³/mol. The molecule has 1 aliphatic rings. The number of halogens is 8. The Morgan fingerprint density at radius 1 is 0.805 bits per heavy atom. The fraction of sp³-hybridized carbons (Fsp3) is 0.321. The summed E-state index contributed by atoms with van der Waals surface area (Å²) in [4.78, 5) is -0.239. The molecule has 0 spiro atoms. The molecule has 0 N–H and O–H groups in total. The SMILES string of the molecule is N#Cc1ccc(F)cc1COC(c1ccc(C2(S(=O)(=O)c3ccc(F)cc3)CCCC2)cc1)(C(F)(F)F)C(F)(F)F. The average molecular weight is 604 g/mol. The third-order valence-electron chi connectivity index (χ3n) is 7.30. The molecule has 1 aliphatic carbocycles. The molecule has 0 saturated heterocycles. The van der Waals surface area contributed by atoms with Crippen LogP contribution in [-0.2, 0) is 31.5 Å². The molecular weight excluding hydrogens is 582 g/mol. The first-order valence-corrected chi connectivity index (χ1v) is 13.6. The molecule has 4 nitrogen and oxygen atoms in total. The van der Waals surface area contributed by atoms with Crippen molar-refractivity contribution >= 4 is 9.84 Å². The third-order valence-corrected chi connectivity index (χ3v) is 9.86. The van der Waals surface area contributed by atoms with Gasteiger partial charge in [-0.25, -0.2) is 17.2 Å². The van der Waals surface area contributed by atoms with Gasteiger partial charge in [-0.15, -0.1) is 0 Å². The molecular formula is C28H21F8NO3S. The summed E-state index contributed by atoms with van der Waals surface area (Å²) in [5, 5.41) is 9.16. The fourth-order valence-corrected chi connectivity index (χ4v) is 7.44. The zero-order valence-corrected chi connectivity index (χ0v) is 21.8. The minimum absolute atomic E-state index is 0.0294. The molecule has 3 aromatic rings. The van der Waals surface area contributed by atoms with Crippen molar-refractivity contribution in [2.75, 3.05) is 0 Å².